The molecule has 1 atom stereocenters. The molecule has 1 unspecified atom stereocenters. The Labute approximate surface area is 118 Å². The van der Waals surface area contributed by atoms with Crippen LogP contribution in [0.25, 0.3) is 0 Å². The number of carbonyl (C=O) groups is 1. The van der Waals surface area contributed by atoms with Crippen molar-refractivity contribution in [2.24, 2.45) is 0 Å². The van der Waals surface area contributed by atoms with E-state index in [0.717, 1.165) is 31.0 Å². The first kappa shape index (κ1) is 15.6. The molecule has 2 saturated heterocycles. The number of carbonyl (C=O) groups excluding carboxylic acids is 1. The van der Waals surface area contributed by atoms with Crippen molar-refractivity contribution in [3.05, 3.63) is 0 Å². The van der Waals surface area contributed by atoms with Crippen molar-refractivity contribution < 1.29 is 18.4 Å². The summed E-state index contributed by atoms with van der Waals surface area (Å²) < 4.78 is 27.5. The van der Waals surface area contributed by atoms with Gasteiger partial charge in [0.2, 0.25) is 0 Å². The standard InChI is InChI=1S/C13H23F2N3O2/c1-16-6-4-10(5-7-16)18-9-13(14,15)8-11(18)12(19)17(2)20-3/h10-11H,4-9H2,1-3H3. The van der Waals surface area contributed by atoms with Crippen LogP contribution in [0.5, 0.6) is 0 Å². The van der Waals surface area contributed by atoms with Crippen molar-refractivity contribution in [1.82, 2.24) is 14.9 Å². The fraction of sp³-hybridized carbons (Fsp3) is 0.923. The molecule has 2 aliphatic rings. The van der Waals surface area contributed by atoms with Crippen LogP contribution in [0.3, 0.4) is 0 Å². The Hall–Kier alpha value is -0.790. The van der Waals surface area contributed by atoms with E-state index in [0.29, 0.717) is 0 Å². The van der Waals surface area contributed by atoms with Crippen LogP contribution in [0.2, 0.25) is 0 Å². The van der Waals surface area contributed by atoms with E-state index < -0.39 is 18.4 Å². The molecule has 0 aromatic rings. The first-order valence-electron chi connectivity index (χ1n) is 6.98. The minimum atomic E-state index is -2.79. The summed E-state index contributed by atoms with van der Waals surface area (Å²) in [6.07, 6.45) is 1.24. The molecule has 0 N–H and O–H groups in total. The lowest BCUT2D eigenvalue weighted by Crippen LogP contribution is -2.51. The summed E-state index contributed by atoms with van der Waals surface area (Å²) in [4.78, 5) is 20.9. The van der Waals surface area contributed by atoms with Gasteiger partial charge in [-0.25, -0.2) is 13.8 Å². The largest absolute Gasteiger partial charge is 0.306 e. The third-order valence-corrected chi connectivity index (χ3v) is 4.33. The maximum absolute atomic E-state index is 13.7. The minimum Gasteiger partial charge on any atom is -0.306 e. The molecule has 0 saturated carbocycles. The van der Waals surface area contributed by atoms with E-state index in [9.17, 15) is 13.6 Å². The second-order valence-electron chi connectivity index (χ2n) is 5.80. The van der Waals surface area contributed by atoms with Gasteiger partial charge in [-0.2, -0.15) is 0 Å². The Morgan fingerprint density at radius 3 is 2.50 bits per heavy atom. The fourth-order valence-corrected chi connectivity index (χ4v) is 3.08. The second kappa shape index (κ2) is 5.91. The Kier molecular flexibility index (Phi) is 4.61. The number of piperidine rings is 1. The van der Waals surface area contributed by atoms with Crippen molar-refractivity contribution in [2.45, 2.75) is 37.3 Å². The van der Waals surface area contributed by atoms with Crippen molar-refractivity contribution >= 4 is 5.91 Å². The molecule has 2 fully saturated rings. The molecule has 0 spiro atoms. The Bertz CT molecular complexity index is 360. The highest BCUT2D eigenvalue weighted by atomic mass is 19.3. The summed E-state index contributed by atoms with van der Waals surface area (Å²) in [6.45, 7) is 1.44. The normalized spacial score (nSPS) is 28.8. The average Bonchev–Trinajstić information content (AvgIpc) is 2.74. The van der Waals surface area contributed by atoms with Gasteiger partial charge in [0.05, 0.1) is 19.7 Å². The lowest BCUT2D eigenvalue weighted by atomic mass is 10.0. The number of hydrogen-bond acceptors (Lipinski definition) is 4. The van der Waals surface area contributed by atoms with Gasteiger partial charge in [-0.3, -0.25) is 14.5 Å². The van der Waals surface area contributed by atoms with Crippen LogP contribution in [0.4, 0.5) is 8.78 Å². The topological polar surface area (TPSA) is 36.0 Å². The van der Waals surface area contributed by atoms with Crippen LogP contribution in [-0.4, -0.2) is 79.6 Å². The van der Waals surface area contributed by atoms with Gasteiger partial charge < -0.3 is 4.90 Å². The highest BCUT2D eigenvalue weighted by molar-refractivity contribution is 5.81. The fourth-order valence-electron chi connectivity index (χ4n) is 3.08. The van der Waals surface area contributed by atoms with Crippen LogP contribution in [0.15, 0.2) is 0 Å². The van der Waals surface area contributed by atoms with Crippen molar-refractivity contribution in [2.75, 3.05) is 40.8 Å². The molecule has 1 amide bonds. The molecule has 2 heterocycles. The lowest BCUT2D eigenvalue weighted by Gasteiger charge is -2.37. The third kappa shape index (κ3) is 3.27. The molecule has 0 bridgehead atoms. The monoisotopic (exact) mass is 291 g/mol. The predicted molar refractivity (Wildman–Crippen MR) is 70.4 cm³/mol. The number of halogens is 2. The van der Waals surface area contributed by atoms with Crippen LogP contribution in [0, 0.1) is 0 Å². The van der Waals surface area contributed by atoms with Gasteiger partial charge in [0.15, 0.2) is 0 Å². The zero-order chi connectivity index (χ0) is 14.9. The van der Waals surface area contributed by atoms with Crippen molar-refractivity contribution in [3.63, 3.8) is 0 Å². The molecule has 116 valence electrons. The third-order valence-electron chi connectivity index (χ3n) is 4.33. The summed E-state index contributed by atoms with van der Waals surface area (Å²) in [7, 11) is 4.85. The summed E-state index contributed by atoms with van der Waals surface area (Å²) in [6, 6.07) is -0.720. The number of nitrogens with zero attached hydrogens (tertiary/aromatic N) is 3. The number of likely N-dealkylation sites (tertiary alicyclic amines) is 2. The summed E-state index contributed by atoms with van der Waals surface area (Å²) in [5, 5.41) is 1.05. The Morgan fingerprint density at radius 1 is 1.35 bits per heavy atom. The molecule has 5 nitrogen and oxygen atoms in total. The molecule has 0 aliphatic carbocycles. The molecule has 0 aromatic carbocycles. The quantitative estimate of drug-likeness (QED) is 0.721. The van der Waals surface area contributed by atoms with E-state index in [1.807, 2.05) is 7.05 Å². The average molecular weight is 291 g/mol. The second-order valence-corrected chi connectivity index (χ2v) is 5.80. The molecule has 20 heavy (non-hydrogen) atoms. The molecule has 2 rings (SSSR count). The molecular weight excluding hydrogens is 268 g/mol. The molecule has 2 aliphatic heterocycles. The van der Waals surface area contributed by atoms with Gasteiger partial charge in [0.25, 0.3) is 11.8 Å². The van der Waals surface area contributed by atoms with E-state index >= 15 is 0 Å². The summed E-state index contributed by atoms with van der Waals surface area (Å²) in [5.41, 5.74) is 0. The maximum Gasteiger partial charge on any atom is 0.263 e. The number of hydrogen-bond donors (Lipinski definition) is 0. The summed E-state index contributed by atoms with van der Waals surface area (Å²) >= 11 is 0. The van der Waals surface area contributed by atoms with Crippen LogP contribution >= 0.6 is 0 Å². The predicted octanol–water partition coefficient (Wildman–Crippen LogP) is 0.810. The zero-order valence-corrected chi connectivity index (χ0v) is 12.3. The molecule has 0 aromatic heterocycles. The highest BCUT2D eigenvalue weighted by Crippen LogP contribution is 2.36. The first-order valence-corrected chi connectivity index (χ1v) is 6.98. The molecular formula is C13H23F2N3O2. The first-order chi connectivity index (χ1) is 9.34. The van der Waals surface area contributed by atoms with Gasteiger partial charge in [0.1, 0.15) is 0 Å². The van der Waals surface area contributed by atoms with E-state index in [-0.39, 0.29) is 18.5 Å². The van der Waals surface area contributed by atoms with Gasteiger partial charge in [0, 0.05) is 19.5 Å². The SMILES string of the molecule is CON(C)C(=O)C1CC(F)(F)CN1C1CCN(C)CC1. The van der Waals surface area contributed by atoms with Gasteiger partial charge in [-0.15, -0.1) is 0 Å². The van der Waals surface area contributed by atoms with E-state index in [1.165, 1.54) is 14.2 Å². The highest BCUT2D eigenvalue weighted by Gasteiger charge is 2.51. The maximum atomic E-state index is 13.7. The smallest absolute Gasteiger partial charge is 0.263 e. The Balaban J connectivity index is 2.10. The number of likely N-dealkylation sites (N-methyl/N-ethyl adjacent to an activating group) is 1. The lowest BCUT2D eigenvalue weighted by molar-refractivity contribution is -0.174. The number of alkyl halides is 2. The number of hydroxylamine groups is 2. The summed E-state index contributed by atoms with van der Waals surface area (Å²) in [5.74, 6) is -3.18. The number of amides is 1. The minimum absolute atomic E-state index is 0.0544. The van der Waals surface area contributed by atoms with Gasteiger partial charge in [-0.1, -0.05) is 0 Å². The molecule has 0 radical (unpaired) electrons. The van der Waals surface area contributed by atoms with Crippen LogP contribution in [-0.2, 0) is 9.63 Å². The van der Waals surface area contributed by atoms with E-state index in [2.05, 4.69) is 4.90 Å². The number of rotatable bonds is 3. The van der Waals surface area contributed by atoms with Gasteiger partial charge >= 0.3 is 0 Å². The van der Waals surface area contributed by atoms with Crippen molar-refractivity contribution in [3.8, 4) is 0 Å². The van der Waals surface area contributed by atoms with E-state index in [4.69, 9.17) is 4.84 Å². The zero-order valence-electron chi connectivity index (χ0n) is 12.3. The Morgan fingerprint density at radius 2 is 1.95 bits per heavy atom. The van der Waals surface area contributed by atoms with Gasteiger partial charge in [-0.05, 0) is 33.0 Å². The van der Waals surface area contributed by atoms with E-state index in [1.54, 1.807) is 4.90 Å². The van der Waals surface area contributed by atoms with Crippen molar-refractivity contribution in [1.29, 1.82) is 0 Å². The van der Waals surface area contributed by atoms with Crippen LogP contribution < -0.4 is 0 Å². The molecule has 7 heteroatoms. The van der Waals surface area contributed by atoms with Crippen LogP contribution in [0.1, 0.15) is 19.3 Å².